The summed E-state index contributed by atoms with van der Waals surface area (Å²) < 4.78 is 38.3. The number of halogens is 2. The average molecular weight is 240 g/mol. The van der Waals surface area contributed by atoms with E-state index in [2.05, 4.69) is 0 Å². The maximum atomic E-state index is 13.9. The Labute approximate surface area is 98.5 Å². The van der Waals surface area contributed by atoms with E-state index in [1.54, 1.807) is 0 Å². The van der Waals surface area contributed by atoms with Gasteiger partial charge in [-0.15, -0.1) is 0 Å². The van der Waals surface area contributed by atoms with Gasteiger partial charge in [-0.25, -0.2) is 8.78 Å². The van der Waals surface area contributed by atoms with E-state index in [1.165, 1.54) is 6.07 Å². The highest BCUT2D eigenvalue weighted by Crippen LogP contribution is 2.46. The van der Waals surface area contributed by atoms with Gasteiger partial charge in [-0.1, -0.05) is 6.92 Å². The predicted octanol–water partition coefficient (Wildman–Crippen LogP) is 2.72. The van der Waals surface area contributed by atoms with Crippen LogP contribution in [0.15, 0.2) is 12.1 Å². The minimum atomic E-state index is -0.474. The lowest BCUT2D eigenvalue weighted by Crippen LogP contribution is -2.39. The minimum absolute atomic E-state index is 0.00296. The Morgan fingerprint density at radius 3 is 2.71 bits per heavy atom. The molecule has 3 unspecified atom stereocenters. The molecule has 1 fully saturated rings. The van der Waals surface area contributed by atoms with Gasteiger partial charge in [0.15, 0.2) is 11.6 Å². The lowest BCUT2D eigenvalue weighted by Gasteiger charge is -2.40. The standard InChI is InChI=1S/C13H14F2O2/c1-7-4-16-5-8-6-17-13-10(15)3-2-9(14)12(13)11(7)8/h2-3,7-8,11H,4-6H2,1H3. The van der Waals surface area contributed by atoms with Crippen molar-refractivity contribution in [2.45, 2.75) is 12.8 Å². The lowest BCUT2D eigenvalue weighted by atomic mass is 9.75. The van der Waals surface area contributed by atoms with Gasteiger partial charge in [-0.2, -0.15) is 0 Å². The smallest absolute Gasteiger partial charge is 0.165 e. The number of fused-ring (bicyclic) bond motifs is 3. The van der Waals surface area contributed by atoms with E-state index in [-0.39, 0.29) is 29.3 Å². The first-order valence-electron chi connectivity index (χ1n) is 5.87. The van der Waals surface area contributed by atoms with Crippen molar-refractivity contribution >= 4 is 0 Å². The van der Waals surface area contributed by atoms with Gasteiger partial charge in [0.1, 0.15) is 5.82 Å². The number of ether oxygens (including phenoxy) is 2. The van der Waals surface area contributed by atoms with Crippen molar-refractivity contribution in [1.29, 1.82) is 0 Å². The topological polar surface area (TPSA) is 18.5 Å². The van der Waals surface area contributed by atoms with Crippen LogP contribution in [-0.2, 0) is 4.74 Å². The zero-order valence-corrected chi connectivity index (χ0v) is 9.58. The molecule has 0 aliphatic carbocycles. The molecule has 0 saturated carbocycles. The fourth-order valence-corrected chi connectivity index (χ4v) is 2.95. The van der Waals surface area contributed by atoms with E-state index in [4.69, 9.17) is 9.47 Å². The molecule has 3 rings (SSSR count). The summed E-state index contributed by atoms with van der Waals surface area (Å²) in [5.74, 6) is -0.429. The van der Waals surface area contributed by atoms with E-state index in [0.717, 1.165) is 6.07 Å². The van der Waals surface area contributed by atoms with Crippen LogP contribution >= 0.6 is 0 Å². The third-order valence-corrected chi connectivity index (χ3v) is 3.70. The highest BCUT2D eigenvalue weighted by Gasteiger charge is 2.40. The van der Waals surface area contributed by atoms with E-state index >= 15 is 0 Å². The van der Waals surface area contributed by atoms with Gasteiger partial charge in [0.25, 0.3) is 0 Å². The average Bonchev–Trinajstić information content (AvgIpc) is 2.33. The van der Waals surface area contributed by atoms with Gasteiger partial charge in [-0.3, -0.25) is 0 Å². The summed E-state index contributed by atoms with van der Waals surface area (Å²) in [6, 6.07) is 2.31. The molecule has 0 radical (unpaired) electrons. The third-order valence-electron chi connectivity index (χ3n) is 3.70. The van der Waals surface area contributed by atoms with E-state index in [0.29, 0.717) is 25.4 Å². The number of hydrogen-bond acceptors (Lipinski definition) is 2. The van der Waals surface area contributed by atoms with Crippen LogP contribution in [0.4, 0.5) is 8.78 Å². The van der Waals surface area contributed by atoms with Crippen molar-refractivity contribution < 1.29 is 18.3 Å². The van der Waals surface area contributed by atoms with Crippen LogP contribution in [0.5, 0.6) is 5.75 Å². The summed E-state index contributed by atoms with van der Waals surface area (Å²) in [5, 5.41) is 0. The number of hydrogen-bond donors (Lipinski definition) is 0. The molecule has 1 aromatic carbocycles. The molecule has 4 heteroatoms. The van der Waals surface area contributed by atoms with Gasteiger partial charge in [0.2, 0.25) is 0 Å². The zero-order valence-electron chi connectivity index (χ0n) is 9.58. The second-order valence-corrected chi connectivity index (χ2v) is 4.88. The summed E-state index contributed by atoms with van der Waals surface area (Å²) in [7, 11) is 0. The Kier molecular flexibility index (Phi) is 2.54. The monoisotopic (exact) mass is 240 g/mol. The predicted molar refractivity (Wildman–Crippen MR) is 58.1 cm³/mol. The number of rotatable bonds is 0. The third kappa shape index (κ3) is 1.62. The SMILES string of the molecule is CC1COCC2COc3c(F)ccc(F)c3C12. The molecule has 0 spiro atoms. The summed E-state index contributed by atoms with van der Waals surface area (Å²) in [5.41, 5.74) is 0.400. The van der Waals surface area contributed by atoms with Crippen molar-refractivity contribution in [2.75, 3.05) is 19.8 Å². The van der Waals surface area contributed by atoms with Crippen molar-refractivity contribution in [3.05, 3.63) is 29.3 Å². The largest absolute Gasteiger partial charge is 0.490 e. The fraction of sp³-hybridized carbons (Fsp3) is 0.538. The van der Waals surface area contributed by atoms with Crippen molar-refractivity contribution in [3.8, 4) is 5.75 Å². The maximum absolute atomic E-state index is 13.9. The Hall–Kier alpha value is -1.16. The molecule has 1 saturated heterocycles. The van der Waals surface area contributed by atoms with Gasteiger partial charge in [-0.05, 0) is 18.1 Å². The molecule has 2 aliphatic rings. The van der Waals surface area contributed by atoms with Crippen LogP contribution in [0.1, 0.15) is 18.4 Å². The lowest BCUT2D eigenvalue weighted by molar-refractivity contribution is -0.0235. The highest BCUT2D eigenvalue weighted by atomic mass is 19.1. The second-order valence-electron chi connectivity index (χ2n) is 4.88. The molecule has 2 heterocycles. The van der Waals surface area contributed by atoms with Crippen LogP contribution in [0.3, 0.4) is 0 Å². The van der Waals surface area contributed by atoms with Crippen LogP contribution < -0.4 is 4.74 Å². The molecule has 92 valence electrons. The Balaban J connectivity index is 2.12. The summed E-state index contributed by atoms with van der Waals surface area (Å²) in [6.45, 7) is 3.57. The molecule has 0 amide bonds. The first-order valence-corrected chi connectivity index (χ1v) is 5.87. The van der Waals surface area contributed by atoms with Crippen LogP contribution in [0.25, 0.3) is 0 Å². The minimum Gasteiger partial charge on any atom is -0.490 e. The molecule has 3 atom stereocenters. The quantitative estimate of drug-likeness (QED) is 0.694. The summed E-state index contributed by atoms with van der Waals surface area (Å²) in [6.07, 6.45) is 0. The van der Waals surface area contributed by atoms with E-state index in [9.17, 15) is 8.78 Å². The fourth-order valence-electron chi connectivity index (χ4n) is 2.95. The first-order chi connectivity index (χ1) is 8.18. The molecule has 0 N–H and O–H groups in total. The molecule has 17 heavy (non-hydrogen) atoms. The van der Waals surface area contributed by atoms with Gasteiger partial charge < -0.3 is 9.47 Å². The van der Waals surface area contributed by atoms with Gasteiger partial charge in [0, 0.05) is 24.0 Å². The van der Waals surface area contributed by atoms with Crippen molar-refractivity contribution in [2.24, 2.45) is 11.8 Å². The zero-order chi connectivity index (χ0) is 12.0. The molecule has 2 nitrogen and oxygen atoms in total. The Morgan fingerprint density at radius 1 is 1.12 bits per heavy atom. The highest BCUT2D eigenvalue weighted by molar-refractivity contribution is 5.41. The van der Waals surface area contributed by atoms with Crippen molar-refractivity contribution in [1.82, 2.24) is 0 Å². The molecule has 2 aliphatic heterocycles. The number of benzene rings is 1. The van der Waals surface area contributed by atoms with Crippen molar-refractivity contribution in [3.63, 3.8) is 0 Å². The normalized spacial score (nSPS) is 31.4. The molecule has 0 bridgehead atoms. The van der Waals surface area contributed by atoms with Gasteiger partial charge in [0.05, 0.1) is 13.2 Å². The Morgan fingerprint density at radius 2 is 1.88 bits per heavy atom. The first kappa shape index (κ1) is 11.0. The Bertz CT molecular complexity index is 447. The van der Waals surface area contributed by atoms with Crippen LogP contribution in [0.2, 0.25) is 0 Å². The van der Waals surface area contributed by atoms with E-state index in [1.807, 2.05) is 6.92 Å². The van der Waals surface area contributed by atoms with Gasteiger partial charge >= 0.3 is 0 Å². The van der Waals surface area contributed by atoms with Crippen LogP contribution in [-0.4, -0.2) is 19.8 Å². The summed E-state index contributed by atoms with van der Waals surface area (Å²) >= 11 is 0. The molecular formula is C13H14F2O2. The molecule has 0 aromatic heterocycles. The summed E-state index contributed by atoms with van der Waals surface area (Å²) in [4.78, 5) is 0. The van der Waals surface area contributed by atoms with Crippen LogP contribution in [0, 0.1) is 23.5 Å². The maximum Gasteiger partial charge on any atom is 0.165 e. The van der Waals surface area contributed by atoms with E-state index < -0.39 is 5.82 Å². The molecule has 1 aromatic rings. The second kappa shape index (κ2) is 3.95. The molecular weight excluding hydrogens is 226 g/mol.